The Morgan fingerprint density at radius 1 is 0.479 bits per heavy atom. The maximum atomic E-state index is 13.0. The average Bonchev–Trinajstić information content (AvgIpc) is 3.37. The molecule has 1 rings (SSSR count). The number of aliphatic hydroxyl groups excluding tert-OH is 5. The van der Waals surface area contributed by atoms with Crippen LogP contribution in [0, 0.1) is 0 Å². The summed E-state index contributed by atoms with van der Waals surface area (Å²) in [5.41, 5.74) is 0. The summed E-state index contributed by atoms with van der Waals surface area (Å²) < 4.78 is 11.2. The molecule has 0 aromatic rings. The first kappa shape index (κ1) is 66.9. The van der Waals surface area contributed by atoms with E-state index < -0.39 is 49.5 Å². The van der Waals surface area contributed by atoms with E-state index in [1.54, 1.807) is 6.08 Å². The summed E-state index contributed by atoms with van der Waals surface area (Å²) in [6.07, 6.45) is 63.1. The Kier molecular flexibility index (Phi) is 48.4. The number of carbonyl (C=O) groups excluding carboxylic acids is 1. The number of hydrogen-bond acceptors (Lipinski definition) is 8. The lowest BCUT2D eigenvalue weighted by molar-refractivity contribution is -0.302. The van der Waals surface area contributed by atoms with E-state index in [0.717, 1.165) is 57.8 Å². The molecule has 0 spiro atoms. The topological polar surface area (TPSA) is 149 Å². The molecular weight excluding hydrogens is 887 g/mol. The van der Waals surface area contributed by atoms with E-state index in [2.05, 4.69) is 67.8 Å². The number of rotatable bonds is 51. The average molecular weight is 1000 g/mol. The van der Waals surface area contributed by atoms with Gasteiger partial charge in [0.2, 0.25) is 5.91 Å². The van der Waals surface area contributed by atoms with Crippen LogP contribution in [0.4, 0.5) is 0 Å². The first-order valence-electron chi connectivity index (χ1n) is 30.0. The molecule has 0 aromatic carbocycles. The summed E-state index contributed by atoms with van der Waals surface area (Å²) in [5, 5.41) is 54.4. The predicted octanol–water partition coefficient (Wildman–Crippen LogP) is 15.1. The molecule has 1 aliphatic rings. The van der Waals surface area contributed by atoms with Gasteiger partial charge in [-0.1, -0.05) is 248 Å². The molecule has 414 valence electrons. The third kappa shape index (κ3) is 40.9. The van der Waals surface area contributed by atoms with Gasteiger partial charge in [0, 0.05) is 6.42 Å². The predicted molar refractivity (Wildman–Crippen MR) is 299 cm³/mol. The summed E-state index contributed by atoms with van der Waals surface area (Å²) in [4.78, 5) is 13.0. The highest BCUT2D eigenvalue weighted by Crippen LogP contribution is 2.23. The third-order valence-electron chi connectivity index (χ3n) is 14.0. The molecule has 7 atom stereocenters. The van der Waals surface area contributed by atoms with Crippen LogP contribution in [0.2, 0.25) is 0 Å². The summed E-state index contributed by atoms with van der Waals surface area (Å²) in [7, 11) is 0. The smallest absolute Gasteiger partial charge is 0.220 e. The van der Waals surface area contributed by atoms with Gasteiger partial charge in [0.1, 0.15) is 24.4 Å². The second kappa shape index (κ2) is 51.4. The first-order chi connectivity index (χ1) is 34.8. The molecule has 9 nitrogen and oxygen atoms in total. The number of ether oxygens (including phenoxy) is 2. The fraction of sp³-hybridized carbons (Fsp3) is 0.823. The van der Waals surface area contributed by atoms with Gasteiger partial charge in [-0.2, -0.15) is 0 Å². The molecule has 0 aliphatic carbocycles. The number of hydrogen-bond donors (Lipinski definition) is 6. The molecule has 0 saturated carbocycles. The Morgan fingerprint density at radius 3 is 1.27 bits per heavy atom. The van der Waals surface area contributed by atoms with Crippen molar-refractivity contribution < 1.29 is 39.8 Å². The molecule has 0 bridgehead atoms. The lowest BCUT2D eigenvalue weighted by Crippen LogP contribution is -2.60. The van der Waals surface area contributed by atoms with Crippen molar-refractivity contribution in [1.29, 1.82) is 0 Å². The Balaban J connectivity index is 2.14. The van der Waals surface area contributed by atoms with Crippen LogP contribution in [-0.4, -0.2) is 87.5 Å². The van der Waals surface area contributed by atoms with Crippen LogP contribution in [0.5, 0.6) is 0 Å². The van der Waals surface area contributed by atoms with Gasteiger partial charge in [-0.15, -0.1) is 0 Å². The fourth-order valence-corrected chi connectivity index (χ4v) is 9.28. The van der Waals surface area contributed by atoms with Crippen molar-refractivity contribution in [3.63, 3.8) is 0 Å². The zero-order valence-electron chi connectivity index (χ0n) is 46.0. The Morgan fingerprint density at radius 2 is 0.845 bits per heavy atom. The van der Waals surface area contributed by atoms with E-state index >= 15 is 0 Å². The lowest BCUT2D eigenvalue weighted by atomic mass is 9.99. The van der Waals surface area contributed by atoms with Crippen molar-refractivity contribution in [2.45, 2.75) is 314 Å². The van der Waals surface area contributed by atoms with Crippen molar-refractivity contribution in [1.82, 2.24) is 5.32 Å². The molecule has 1 aliphatic heterocycles. The minimum absolute atomic E-state index is 0.190. The van der Waals surface area contributed by atoms with E-state index in [4.69, 9.17) is 9.47 Å². The Labute approximate surface area is 436 Å². The number of unbranched alkanes of at least 4 members (excludes halogenated alkanes) is 33. The Bertz CT molecular complexity index is 1300. The zero-order valence-corrected chi connectivity index (χ0v) is 46.0. The van der Waals surface area contributed by atoms with Crippen LogP contribution in [0.1, 0.15) is 271 Å². The van der Waals surface area contributed by atoms with Gasteiger partial charge in [-0.05, 0) is 77.0 Å². The first-order valence-corrected chi connectivity index (χ1v) is 30.0. The maximum Gasteiger partial charge on any atom is 0.220 e. The normalized spacial score (nSPS) is 19.7. The van der Waals surface area contributed by atoms with Crippen LogP contribution in [-0.2, 0) is 14.3 Å². The van der Waals surface area contributed by atoms with Crippen molar-refractivity contribution in [3.05, 3.63) is 60.8 Å². The fourth-order valence-electron chi connectivity index (χ4n) is 9.28. The number of nitrogens with one attached hydrogen (secondary N) is 1. The van der Waals surface area contributed by atoms with Crippen LogP contribution in [0.3, 0.4) is 0 Å². The maximum absolute atomic E-state index is 13.0. The SMILES string of the molecule is CCCCCCC/C=C/CC/C=C/CC/C=C/C(O)C(COC1OC(CO)C(O)C(O)C1O)NC(=O)CCCCCCCCCCCCCCCCCCC/C=C\C/C=C\CCCCCCCCCCC. The zero-order chi connectivity index (χ0) is 51.5. The number of carbonyl (C=O) groups is 1. The van der Waals surface area contributed by atoms with E-state index in [1.165, 1.54) is 193 Å². The van der Waals surface area contributed by atoms with Crippen LogP contribution >= 0.6 is 0 Å². The Hall–Kier alpha value is -2.11. The standard InChI is InChI=1S/C62H113NO8/c1-3-5-7-9-11-13-15-17-19-20-21-22-23-24-25-26-27-28-29-30-31-32-33-34-35-36-38-40-42-44-46-48-50-52-58(66)63-55(54-70-62-61(69)60(68)59(67)57(53-64)71-62)56(65)51-49-47-45-43-41-39-37-18-16-14-12-10-8-6-4-2/h16,18,21-22,24-25,41,43,49,51,55-57,59-62,64-65,67-69H,3-15,17,19-20,23,26-40,42,44-48,50,52-54H2,1-2H3,(H,63,66)/b18-16+,22-21-,25-24-,43-41+,51-49+. The third-order valence-corrected chi connectivity index (χ3v) is 14.0. The van der Waals surface area contributed by atoms with Crippen molar-refractivity contribution >= 4 is 5.91 Å². The summed E-state index contributed by atoms with van der Waals surface area (Å²) >= 11 is 0. The lowest BCUT2D eigenvalue weighted by Gasteiger charge is -2.40. The summed E-state index contributed by atoms with van der Waals surface area (Å²) in [6.45, 7) is 3.75. The molecule has 1 fully saturated rings. The van der Waals surface area contributed by atoms with E-state index in [-0.39, 0.29) is 12.5 Å². The molecule has 1 amide bonds. The highest BCUT2D eigenvalue weighted by atomic mass is 16.7. The van der Waals surface area contributed by atoms with Gasteiger partial charge in [0.05, 0.1) is 25.4 Å². The summed E-state index contributed by atoms with van der Waals surface area (Å²) in [6, 6.07) is -0.829. The molecule has 71 heavy (non-hydrogen) atoms. The van der Waals surface area contributed by atoms with Gasteiger partial charge in [-0.25, -0.2) is 0 Å². The second-order valence-corrected chi connectivity index (χ2v) is 20.8. The molecule has 6 N–H and O–H groups in total. The minimum atomic E-state index is -1.58. The van der Waals surface area contributed by atoms with Gasteiger partial charge in [-0.3, -0.25) is 4.79 Å². The molecule has 1 heterocycles. The van der Waals surface area contributed by atoms with Crippen LogP contribution < -0.4 is 5.32 Å². The molecule has 7 unspecified atom stereocenters. The molecule has 1 saturated heterocycles. The number of aliphatic hydroxyl groups is 5. The van der Waals surface area contributed by atoms with Crippen molar-refractivity contribution in [3.8, 4) is 0 Å². The monoisotopic (exact) mass is 1000 g/mol. The van der Waals surface area contributed by atoms with E-state index in [0.29, 0.717) is 6.42 Å². The quantitative estimate of drug-likeness (QED) is 0.0261. The number of amides is 1. The van der Waals surface area contributed by atoms with Crippen molar-refractivity contribution in [2.75, 3.05) is 13.2 Å². The second-order valence-electron chi connectivity index (χ2n) is 20.8. The van der Waals surface area contributed by atoms with Crippen LogP contribution in [0.15, 0.2) is 60.8 Å². The highest BCUT2D eigenvalue weighted by molar-refractivity contribution is 5.76. The minimum Gasteiger partial charge on any atom is -0.394 e. The number of allylic oxidation sites excluding steroid dienone is 9. The highest BCUT2D eigenvalue weighted by Gasteiger charge is 2.44. The van der Waals surface area contributed by atoms with Crippen LogP contribution in [0.25, 0.3) is 0 Å². The van der Waals surface area contributed by atoms with Gasteiger partial charge < -0.3 is 40.3 Å². The molecule has 9 heteroatoms. The molecule has 0 radical (unpaired) electrons. The van der Waals surface area contributed by atoms with E-state index in [1.807, 2.05) is 6.08 Å². The van der Waals surface area contributed by atoms with Crippen molar-refractivity contribution in [2.24, 2.45) is 0 Å². The molecular formula is C62H113NO8. The van der Waals surface area contributed by atoms with E-state index in [9.17, 15) is 30.3 Å². The van der Waals surface area contributed by atoms with Gasteiger partial charge in [0.15, 0.2) is 6.29 Å². The van der Waals surface area contributed by atoms with Gasteiger partial charge >= 0.3 is 0 Å². The molecule has 0 aromatic heterocycles. The largest absolute Gasteiger partial charge is 0.394 e. The van der Waals surface area contributed by atoms with Gasteiger partial charge in [0.25, 0.3) is 0 Å². The summed E-state index contributed by atoms with van der Waals surface area (Å²) in [5.74, 6) is -0.190.